The molecule has 0 amide bonds. The maximum atomic E-state index is 2.58. The van der Waals surface area contributed by atoms with Gasteiger partial charge in [0.05, 0.1) is 0 Å². The first-order valence-corrected chi connectivity index (χ1v) is 5.51. The van der Waals surface area contributed by atoms with Gasteiger partial charge in [0.2, 0.25) is 0 Å². The molecule has 0 spiro atoms. The van der Waals surface area contributed by atoms with Crippen molar-refractivity contribution >= 4 is 0 Å². The fourth-order valence-corrected chi connectivity index (χ4v) is 2.34. The van der Waals surface area contributed by atoms with Gasteiger partial charge in [0.25, 0.3) is 0 Å². The fraction of sp³-hybridized carbons (Fsp3) is 1.00. The molecular weight excluding hydrogens is 162 g/mol. The molecule has 2 aliphatic heterocycles. The molecule has 13 heavy (non-hydrogen) atoms. The molecule has 3 nitrogen and oxygen atoms in total. The molecule has 0 aromatic rings. The zero-order valence-electron chi connectivity index (χ0n) is 8.87. The van der Waals surface area contributed by atoms with Gasteiger partial charge in [0.15, 0.2) is 0 Å². The van der Waals surface area contributed by atoms with Crippen molar-refractivity contribution < 1.29 is 0 Å². The van der Waals surface area contributed by atoms with Crippen molar-refractivity contribution in [3.63, 3.8) is 0 Å². The molecule has 2 aliphatic rings. The third-order valence-electron chi connectivity index (χ3n) is 3.25. The second kappa shape index (κ2) is 3.95. The van der Waals surface area contributed by atoms with Crippen molar-refractivity contribution in [1.29, 1.82) is 0 Å². The SMILES string of the molecule is CC(C)N1CCN2CCCN2CC1. The number of hydrogen-bond donors (Lipinski definition) is 0. The van der Waals surface area contributed by atoms with Crippen molar-refractivity contribution in [2.24, 2.45) is 0 Å². The normalized spacial score (nSPS) is 27.9. The van der Waals surface area contributed by atoms with E-state index < -0.39 is 0 Å². The molecule has 0 bridgehead atoms. The third-order valence-corrected chi connectivity index (χ3v) is 3.25. The quantitative estimate of drug-likeness (QED) is 0.590. The molecule has 0 saturated carbocycles. The van der Waals surface area contributed by atoms with Crippen LogP contribution in [-0.4, -0.2) is 60.2 Å². The number of hydrogen-bond acceptors (Lipinski definition) is 3. The highest BCUT2D eigenvalue weighted by molar-refractivity contribution is 4.76. The van der Waals surface area contributed by atoms with Crippen LogP contribution in [0.3, 0.4) is 0 Å². The highest BCUT2D eigenvalue weighted by Crippen LogP contribution is 2.13. The Bertz CT molecular complexity index is 156. The van der Waals surface area contributed by atoms with Crippen molar-refractivity contribution in [2.75, 3.05) is 39.3 Å². The van der Waals surface area contributed by atoms with Crippen molar-refractivity contribution in [3.05, 3.63) is 0 Å². The maximum Gasteiger partial charge on any atom is 0.0261 e. The Kier molecular flexibility index (Phi) is 2.86. The first-order valence-electron chi connectivity index (χ1n) is 5.51. The molecule has 2 rings (SSSR count). The summed E-state index contributed by atoms with van der Waals surface area (Å²) >= 11 is 0. The highest BCUT2D eigenvalue weighted by atomic mass is 15.7. The summed E-state index contributed by atoms with van der Waals surface area (Å²) in [6, 6.07) is 0.709. The van der Waals surface area contributed by atoms with E-state index in [4.69, 9.17) is 0 Å². The van der Waals surface area contributed by atoms with Gasteiger partial charge in [0, 0.05) is 45.3 Å². The van der Waals surface area contributed by atoms with Gasteiger partial charge in [-0.1, -0.05) is 0 Å². The van der Waals surface area contributed by atoms with Gasteiger partial charge in [-0.05, 0) is 20.3 Å². The summed E-state index contributed by atoms with van der Waals surface area (Å²) < 4.78 is 0. The van der Waals surface area contributed by atoms with Crippen LogP contribution in [0.4, 0.5) is 0 Å². The minimum absolute atomic E-state index is 0.709. The highest BCUT2D eigenvalue weighted by Gasteiger charge is 2.26. The van der Waals surface area contributed by atoms with Gasteiger partial charge in [-0.2, -0.15) is 0 Å². The van der Waals surface area contributed by atoms with Gasteiger partial charge in [0.1, 0.15) is 0 Å². The summed E-state index contributed by atoms with van der Waals surface area (Å²) in [5.41, 5.74) is 0. The van der Waals surface area contributed by atoms with E-state index in [0.29, 0.717) is 6.04 Å². The van der Waals surface area contributed by atoms with Crippen LogP contribution in [0.2, 0.25) is 0 Å². The summed E-state index contributed by atoms with van der Waals surface area (Å²) in [6.45, 7) is 12.1. The summed E-state index contributed by atoms with van der Waals surface area (Å²) in [5.74, 6) is 0. The first-order chi connectivity index (χ1) is 6.27. The van der Waals surface area contributed by atoms with Crippen LogP contribution in [0.1, 0.15) is 20.3 Å². The minimum atomic E-state index is 0.709. The standard InChI is InChI=1S/C10H21N3/c1-10(2)11-6-8-12-4-3-5-13(12)9-7-11/h10H,3-9H2,1-2H3. The Morgan fingerprint density at radius 1 is 0.769 bits per heavy atom. The first kappa shape index (κ1) is 9.44. The Morgan fingerprint density at radius 3 is 1.77 bits per heavy atom. The number of rotatable bonds is 1. The molecule has 76 valence electrons. The maximum absolute atomic E-state index is 2.58. The van der Waals surface area contributed by atoms with E-state index in [2.05, 4.69) is 28.8 Å². The molecule has 0 atom stereocenters. The smallest absolute Gasteiger partial charge is 0.0261 e. The molecule has 2 fully saturated rings. The van der Waals surface area contributed by atoms with E-state index in [9.17, 15) is 0 Å². The van der Waals surface area contributed by atoms with E-state index in [1.165, 1.54) is 45.7 Å². The van der Waals surface area contributed by atoms with Gasteiger partial charge < -0.3 is 0 Å². The topological polar surface area (TPSA) is 9.72 Å². The van der Waals surface area contributed by atoms with E-state index >= 15 is 0 Å². The van der Waals surface area contributed by atoms with Crippen LogP contribution in [-0.2, 0) is 0 Å². The zero-order valence-corrected chi connectivity index (χ0v) is 8.87. The molecule has 0 aliphatic carbocycles. The van der Waals surface area contributed by atoms with Gasteiger partial charge in [-0.15, -0.1) is 0 Å². The van der Waals surface area contributed by atoms with Crippen LogP contribution >= 0.6 is 0 Å². The predicted molar refractivity (Wildman–Crippen MR) is 54.5 cm³/mol. The van der Waals surface area contributed by atoms with Crippen molar-refractivity contribution in [2.45, 2.75) is 26.3 Å². The zero-order chi connectivity index (χ0) is 9.26. The molecular formula is C10H21N3. The number of fused-ring (bicyclic) bond motifs is 1. The lowest BCUT2D eigenvalue weighted by atomic mass is 10.3. The molecule has 0 radical (unpaired) electrons. The summed E-state index contributed by atoms with van der Waals surface area (Å²) in [6.07, 6.45) is 1.36. The molecule has 3 heteroatoms. The van der Waals surface area contributed by atoms with Crippen LogP contribution < -0.4 is 0 Å². The minimum Gasteiger partial charge on any atom is -0.298 e. The Morgan fingerprint density at radius 2 is 1.31 bits per heavy atom. The lowest BCUT2D eigenvalue weighted by molar-refractivity contribution is 0.0439. The van der Waals surface area contributed by atoms with E-state index in [1.54, 1.807) is 0 Å². The van der Waals surface area contributed by atoms with Crippen molar-refractivity contribution in [3.8, 4) is 0 Å². The average molecular weight is 183 g/mol. The summed E-state index contributed by atoms with van der Waals surface area (Å²) in [7, 11) is 0. The van der Waals surface area contributed by atoms with Gasteiger partial charge in [-0.3, -0.25) is 4.90 Å². The number of hydrazine groups is 1. The van der Waals surface area contributed by atoms with E-state index in [1.807, 2.05) is 0 Å². The molecule has 2 saturated heterocycles. The molecule has 0 unspecified atom stereocenters. The Labute approximate surface area is 81.3 Å². The second-order valence-corrected chi connectivity index (χ2v) is 4.39. The predicted octanol–water partition coefficient (Wildman–Crippen LogP) is 0.633. The molecule has 0 aromatic heterocycles. The van der Waals surface area contributed by atoms with Crippen LogP contribution in [0.25, 0.3) is 0 Å². The van der Waals surface area contributed by atoms with E-state index in [0.717, 1.165) is 0 Å². The molecule has 0 N–H and O–H groups in total. The van der Waals surface area contributed by atoms with Gasteiger partial charge >= 0.3 is 0 Å². The summed E-state index contributed by atoms with van der Waals surface area (Å²) in [4.78, 5) is 2.58. The van der Waals surface area contributed by atoms with E-state index in [-0.39, 0.29) is 0 Å². The fourth-order valence-electron chi connectivity index (χ4n) is 2.34. The average Bonchev–Trinajstić information content (AvgIpc) is 2.44. The lowest BCUT2D eigenvalue weighted by Crippen LogP contribution is -2.37. The summed E-state index contributed by atoms with van der Waals surface area (Å²) in [5, 5.41) is 5.06. The van der Waals surface area contributed by atoms with Crippen LogP contribution in [0.15, 0.2) is 0 Å². The van der Waals surface area contributed by atoms with Crippen LogP contribution in [0, 0.1) is 0 Å². The van der Waals surface area contributed by atoms with Crippen LogP contribution in [0.5, 0.6) is 0 Å². The Balaban J connectivity index is 1.91. The second-order valence-electron chi connectivity index (χ2n) is 4.39. The largest absolute Gasteiger partial charge is 0.298 e. The third kappa shape index (κ3) is 2.03. The molecule has 0 aromatic carbocycles. The Hall–Kier alpha value is -0.120. The van der Waals surface area contributed by atoms with Crippen molar-refractivity contribution in [1.82, 2.24) is 14.9 Å². The molecule has 2 heterocycles. The lowest BCUT2D eigenvalue weighted by Gasteiger charge is -2.23. The van der Waals surface area contributed by atoms with Gasteiger partial charge in [-0.25, -0.2) is 10.0 Å². The number of nitrogens with zero attached hydrogens (tertiary/aromatic N) is 3. The monoisotopic (exact) mass is 183 g/mol.